The van der Waals surface area contributed by atoms with Crippen molar-refractivity contribution >= 4 is 5.91 Å². The Morgan fingerprint density at radius 2 is 1.91 bits per heavy atom. The van der Waals surface area contributed by atoms with Crippen LogP contribution in [0.1, 0.15) is 90.0 Å². The predicted molar refractivity (Wildman–Crippen MR) is 126 cm³/mol. The number of rotatable bonds is 3. The van der Waals surface area contributed by atoms with Gasteiger partial charge >= 0.3 is 5.63 Å². The summed E-state index contributed by atoms with van der Waals surface area (Å²) in [5, 5.41) is 15.5. The number of hydrogen-bond donors (Lipinski definition) is 3. The molecule has 0 aliphatic heterocycles. The van der Waals surface area contributed by atoms with Crippen molar-refractivity contribution < 1.29 is 14.3 Å². The van der Waals surface area contributed by atoms with E-state index >= 15 is 0 Å². The van der Waals surface area contributed by atoms with E-state index < -0.39 is 11.6 Å². The Morgan fingerprint density at radius 3 is 2.61 bits per heavy atom. The van der Waals surface area contributed by atoms with Crippen LogP contribution in [0.25, 0.3) is 0 Å². The van der Waals surface area contributed by atoms with E-state index in [2.05, 4.69) is 19.2 Å². The van der Waals surface area contributed by atoms with E-state index in [9.17, 15) is 14.7 Å². The largest absolute Gasteiger partial charge is 0.431 e. The summed E-state index contributed by atoms with van der Waals surface area (Å²) in [4.78, 5) is 23.6. The van der Waals surface area contributed by atoms with Crippen LogP contribution < -0.4 is 16.7 Å². The summed E-state index contributed by atoms with van der Waals surface area (Å²) in [6, 6.07) is 3.16. The molecule has 182 valence electrons. The fraction of sp³-hybridized carbons (Fsp3) is 0.778. The lowest BCUT2D eigenvalue weighted by Crippen LogP contribution is -2.62. The molecule has 4 aliphatic rings. The first-order valence-electron chi connectivity index (χ1n) is 13.0. The van der Waals surface area contributed by atoms with Gasteiger partial charge in [0.25, 0.3) is 0 Å². The topological polar surface area (TPSA) is 106 Å². The van der Waals surface area contributed by atoms with E-state index in [1.807, 2.05) is 6.07 Å². The number of carbonyl (C=O) groups excluding carboxylic acids is 1. The van der Waals surface area contributed by atoms with Crippen molar-refractivity contribution in [1.82, 2.24) is 5.32 Å². The fourth-order valence-corrected chi connectivity index (χ4v) is 8.79. The van der Waals surface area contributed by atoms with E-state index in [-0.39, 0.29) is 34.3 Å². The first-order chi connectivity index (χ1) is 15.6. The molecule has 0 radical (unpaired) electrons. The molecule has 1 amide bonds. The van der Waals surface area contributed by atoms with Gasteiger partial charge in [0, 0.05) is 17.5 Å². The Bertz CT molecular complexity index is 955. The number of fused-ring (bicyclic) bond motifs is 5. The minimum atomic E-state index is -0.676. The van der Waals surface area contributed by atoms with Gasteiger partial charge in [-0.05, 0) is 105 Å². The lowest BCUT2D eigenvalue weighted by molar-refractivity contribution is -0.202. The highest BCUT2D eigenvalue weighted by molar-refractivity contribution is 5.81. The molecule has 4 N–H and O–H groups in total. The lowest BCUT2D eigenvalue weighted by atomic mass is 9.43. The van der Waals surface area contributed by atoms with Gasteiger partial charge in [-0.1, -0.05) is 13.8 Å². The van der Waals surface area contributed by atoms with Crippen molar-refractivity contribution in [2.75, 3.05) is 0 Å². The van der Waals surface area contributed by atoms with Crippen molar-refractivity contribution in [3.8, 4) is 0 Å². The Hall–Kier alpha value is -1.66. The van der Waals surface area contributed by atoms with Crippen LogP contribution >= 0.6 is 0 Å². The maximum absolute atomic E-state index is 12.3. The van der Waals surface area contributed by atoms with E-state index in [4.69, 9.17) is 10.2 Å². The zero-order chi connectivity index (χ0) is 23.6. The number of amides is 1. The number of aliphatic hydroxyl groups is 1. The molecule has 5 rings (SSSR count). The van der Waals surface area contributed by atoms with Crippen molar-refractivity contribution in [2.45, 2.75) is 102 Å². The summed E-state index contributed by atoms with van der Waals surface area (Å²) in [5.74, 6) is 1.59. The number of nitrogens with two attached hydrogens (primary N) is 1. The zero-order valence-electron chi connectivity index (χ0n) is 20.3. The minimum absolute atomic E-state index is 0.0474. The average molecular weight is 457 g/mol. The molecule has 4 fully saturated rings. The highest BCUT2D eigenvalue weighted by Gasteiger charge is 2.67. The molecule has 6 nitrogen and oxygen atoms in total. The molecule has 0 bridgehead atoms. The highest BCUT2D eigenvalue weighted by Crippen LogP contribution is 2.70. The molecule has 0 saturated heterocycles. The van der Waals surface area contributed by atoms with Crippen molar-refractivity contribution in [2.24, 2.45) is 34.3 Å². The first-order valence-corrected chi connectivity index (χ1v) is 13.0. The van der Waals surface area contributed by atoms with Crippen LogP contribution in [-0.2, 0) is 4.79 Å². The number of carbonyl (C=O) groups is 1. The summed E-state index contributed by atoms with van der Waals surface area (Å²) < 4.78 is 5.20. The molecular weight excluding hydrogens is 416 g/mol. The van der Waals surface area contributed by atoms with Gasteiger partial charge < -0.3 is 20.6 Å². The van der Waals surface area contributed by atoms with E-state index in [0.29, 0.717) is 17.8 Å². The van der Waals surface area contributed by atoms with Gasteiger partial charge in [-0.2, -0.15) is 0 Å². The second kappa shape index (κ2) is 7.94. The molecule has 33 heavy (non-hydrogen) atoms. The highest BCUT2D eigenvalue weighted by atomic mass is 16.4. The standard InChI is InChI=1S/C27H40N2O4/c1-16(28)24(31)29-19-8-11-25(2)18(14-19)5-6-22-21(25)9-12-26(3)20(10-13-27(22,26)32)17-4-7-23(30)33-15-17/h4,7,15-16,18-22,32H,5-6,8-14,28H2,1-3H3,(H,29,31)/t16-,18?,19+,20-,21+,22-,25+,26-,27+/m1/s1. The van der Waals surface area contributed by atoms with Crippen LogP contribution in [0.4, 0.5) is 0 Å². The maximum Gasteiger partial charge on any atom is 0.335 e. The summed E-state index contributed by atoms with van der Waals surface area (Å²) in [5.41, 5.74) is 5.85. The third-order valence-corrected chi connectivity index (χ3v) is 10.7. The van der Waals surface area contributed by atoms with Crippen LogP contribution in [0, 0.1) is 28.6 Å². The van der Waals surface area contributed by atoms with Crippen LogP contribution in [0.5, 0.6) is 0 Å². The van der Waals surface area contributed by atoms with Gasteiger partial charge in [0.2, 0.25) is 5.91 Å². The first kappa shape index (κ1) is 23.1. The third-order valence-electron chi connectivity index (χ3n) is 10.7. The van der Waals surface area contributed by atoms with E-state index in [1.54, 1.807) is 13.2 Å². The lowest BCUT2D eigenvalue weighted by Gasteiger charge is -2.63. The number of nitrogens with one attached hydrogen (secondary N) is 1. The Labute approximate surface area is 196 Å². The molecule has 6 heteroatoms. The quantitative estimate of drug-likeness (QED) is 0.643. The van der Waals surface area contributed by atoms with Crippen LogP contribution in [0.3, 0.4) is 0 Å². The van der Waals surface area contributed by atoms with Crippen molar-refractivity contribution in [3.63, 3.8) is 0 Å². The summed E-state index contributed by atoms with van der Waals surface area (Å²) >= 11 is 0. The summed E-state index contributed by atoms with van der Waals surface area (Å²) in [6.45, 7) is 6.48. The Morgan fingerprint density at radius 1 is 1.12 bits per heavy atom. The molecular formula is C27H40N2O4. The van der Waals surface area contributed by atoms with Crippen molar-refractivity contribution in [1.29, 1.82) is 0 Å². The maximum atomic E-state index is 12.3. The molecule has 4 saturated carbocycles. The Kier molecular flexibility index (Phi) is 5.56. The van der Waals surface area contributed by atoms with Crippen LogP contribution in [-0.4, -0.2) is 28.7 Å². The van der Waals surface area contributed by atoms with Gasteiger partial charge in [0.1, 0.15) is 0 Å². The molecule has 1 heterocycles. The summed E-state index contributed by atoms with van der Waals surface area (Å²) in [6.07, 6.45) is 10.8. The Balaban J connectivity index is 1.37. The molecule has 4 aliphatic carbocycles. The normalized spacial score (nSPS) is 45.4. The van der Waals surface area contributed by atoms with Crippen LogP contribution in [0.15, 0.2) is 27.6 Å². The van der Waals surface area contributed by atoms with Gasteiger partial charge in [-0.25, -0.2) is 4.79 Å². The van der Waals surface area contributed by atoms with Crippen LogP contribution in [0.2, 0.25) is 0 Å². The van der Waals surface area contributed by atoms with Gasteiger partial charge in [0.05, 0.1) is 17.9 Å². The minimum Gasteiger partial charge on any atom is -0.431 e. The molecule has 1 aromatic rings. The third kappa shape index (κ3) is 3.43. The van der Waals surface area contributed by atoms with Gasteiger partial charge in [-0.15, -0.1) is 0 Å². The number of hydrogen-bond acceptors (Lipinski definition) is 5. The average Bonchev–Trinajstić information content (AvgIpc) is 3.06. The SMILES string of the molecule is C[C@@H](N)C(=O)N[C@H]1CC[C@@]2(C)C(CC[C@@H]3[C@@H]2CC[C@]2(C)[C@@H](c4ccc(=O)oc4)CC[C@]32O)C1. The van der Waals surface area contributed by atoms with Gasteiger partial charge in [0.15, 0.2) is 0 Å². The molecule has 0 spiro atoms. The fourth-order valence-electron chi connectivity index (χ4n) is 8.79. The van der Waals surface area contributed by atoms with E-state index in [0.717, 1.165) is 63.4 Å². The monoisotopic (exact) mass is 456 g/mol. The van der Waals surface area contributed by atoms with Gasteiger partial charge in [-0.3, -0.25) is 4.79 Å². The summed E-state index contributed by atoms with van der Waals surface area (Å²) in [7, 11) is 0. The molecule has 9 atom stereocenters. The molecule has 1 unspecified atom stereocenters. The molecule has 0 aromatic carbocycles. The molecule has 1 aromatic heterocycles. The smallest absolute Gasteiger partial charge is 0.335 e. The zero-order valence-corrected chi connectivity index (χ0v) is 20.3. The second-order valence-electron chi connectivity index (χ2n) is 12.1. The van der Waals surface area contributed by atoms with E-state index in [1.165, 1.54) is 6.07 Å². The second-order valence-corrected chi connectivity index (χ2v) is 12.1. The predicted octanol–water partition coefficient (Wildman–Crippen LogP) is 3.71. The van der Waals surface area contributed by atoms with Crippen molar-refractivity contribution in [3.05, 3.63) is 34.4 Å².